The maximum atomic E-state index is 11.9. The molecule has 106 valence electrons. The smallest absolute Gasteiger partial charge is 0.326 e. The predicted octanol–water partition coefficient (Wildman–Crippen LogP) is 2.17. The number of hydrogen-bond acceptors (Lipinski definition) is 4. The Labute approximate surface area is 112 Å². The van der Waals surface area contributed by atoms with Crippen molar-refractivity contribution in [2.24, 2.45) is 0 Å². The van der Waals surface area contributed by atoms with Crippen LogP contribution in [0.4, 0.5) is 0 Å². The van der Waals surface area contributed by atoms with E-state index in [1.54, 1.807) is 6.07 Å². The summed E-state index contributed by atoms with van der Waals surface area (Å²) in [6.45, 7) is 5.83. The van der Waals surface area contributed by atoms with E-state index in [-0.39, 0.29) is 11.7 Å². The van der Waals surface area contributed by atoms with E-state index in [0.29, 0.717) is 12.1 Å². The van der Waals surface area contributed by atoms with Crippen LogP contribution in [-0.2, 0) is 4.79 Å². The summed E-state index contributed by atoms with van der Waals surface area (Å²) in [5.41, 5.74) is 0.672. The highest BCUT2D eigenvalue weighted by Gasteiger charge is 2.22. The van der Waals surface area contributed by atoms with Crippen LogP contribution in [0.25, 0.3) is 0 Å². The van der Waals surface area contributed by atoms with Gasteiger partial charge in [0.05, 0.1) is 5.69 Å². The molecular weight excluding hydrogens is 248 g/mol. The molecule has 1 heterocycles. The third-order valence-electron chi connectivity index (χ3n) is 2.79. The van der Waals surface area contributed by atoms with E-state index in [1.165, 1.54) is 0 Å². The summed E-state index contributed by atoms with van der Waals surface area (Å²) in [6.07, 6.45) is 2.02. The van der Waals surface area contributed by atoms with Crippen molar-refractivity contribution < 1.29 is 19.2 Å². The summed E-state index contributed by atoms with van der Waals surface area (Å²) in [4.78, 5) is 22.9. The van der Waals surface area contributed by atoms with Crippen LogP contribution < -0.4 is 5.32 Å². The molecule has 6 nitrogen and oxygen atoms in total. The molecule has 1 unspecified atom stereocenters. The van der Waals surface area contributed by atoms with Gasteiger partial charge in [-0.1, -0.05) is 38.8 Å². The quantitative estimate of drug-likeness (QED) is 0.790. The van der Waals surface area contributed by atoms with E-state index in [9.17, 15) is 9.59 Å². The van der Waals surface area contributed by atoms with Gasteiger partial charge < -0.3 is 14.9 Å². The number of aliphatic carboxylic acids is 1. The number of nitrogens with one attached hydrogen (secondary N) is 1. The molecule has 1 aromatic heterocycles. The first-order chi connectivity index (χ1) is 8.95. The van der Waals surface area contributed by atoms with E-state index in [1.807, 2.05) is 20.8 Å². The van der Waals surface area contributed by atoms with Gasteiger partial charge in [0.2, 0.25) is 5.76 Å². The lowest BCUT2D eigenvalue weighted by atomic mass is 10.1. The Morgan fingerprint density at radius 3 is 2.63 bits per heavy atom. The molecule has 0 saturated carbocycles. The molecular formula is C13H20N2O4. The van der Waals surface area contributed by atoms with E-state index in [4.69, 9.17) is 9.63 Å². The summed E-state index contributed by atoms with van der Waals surface area (Å²) in [6, 6.07) is 0.652. The average Bonchev–Trinajstić information content (AvgIpc) is 2.83. The topological polar surface area (TPSA) is 92.4 Å². The number of rotatable bonds is 7. The van der Waals surface area contributed by atoms with Crippen LogP contribution in [0.5, 0.6) is 0 Å². The Bertz CT molecular complexity index is 440. The molecule has 0 aliphatic heterocycles. The number of unbranched alkanes of at least 4 members (excludes halogenated alkanes) is 1. The van der Waals surface area contributed by atoms with E-state index in [0.717, 1.165) is 12.8 Å². The van der Waals surface area contributed by atoms with Gasteiger partial charge in [-0.15, -0.1) is 0 Å². The molecule has 1 aromatic rings. The van der Waals surface area contributed by atoms with E-state index in [2.05, 4.69) is 10.5 Å². The SMILES string of the molecule is CCCCC(NC(=O)c1cc(C(C)C)no1)C(=O)O. The standard InChI is InChI=1S/C13H20N2O4/c1-4-5-6-9(13(17)18)14-12(16)11-7-10(8(2)3)15-19-11/h7-9H,4-6H2,1-3H3,(H,14,16)(H,17,18). The lowest BCUT2D eigenvalue weighted by Crippen LogP contribution is -2.40. The molecule has 1 atom stereocenters. The minimum absolute atomic E-state index is 0.0476. The predicted molar refractivity (Wildman–Crippen MR) is 69.0 cm³/mol. The second-order valence-electron chi connectivity index (χ2n) is 4.78. The molecule has 1 amide bonds. The minimum atomic E-state index is -1.04. The van der Waals surface area contributed by atoms with Gasteiger partial charge in [-0.05, 0) is 12.3 Å². The zero-order chi connectivity index (χ0) is 14.4. The number of carbonyl (C=O) groups excluding carboxylic acids is 1. The number of carboxylic acids is 1. The summed E-state index contributed by atoms with van der Waals surface area (Å²) in [7, 11) is 0. The minimum Gasteiger partial charge on any atom is -0.480 e. The van der Waals surface area contributed by atoms with Gasteiger partial charge in [-0.3, -0.25) is 4.79 Å². The van der Waals surface area contributed by atoms with E-state index >= 15 is 0 Å². The Morgan fingerprint density at radius 1 is 1.47 bits per heavy atom. The number of amides is 1. The summed E-state index contributed by atoms with van der Waals surface area (Å²) in [5.74, 6) is -1.37. The molecule has 0 aliphatic carbocycles. The van der Waals surface area contributed by atoms with Crippen LogP contribution in [0.1, 0.15) is 62.2 Å². The highest BCUT2D eigenvalue weighted by molar-refractivity contribution is 5.94. The third-order valence-corrected chi connectivity index (χ3v) is 2.79. The highest BCUT2D eigenvalue weighted by atomic mass is 16.5. The van der Waals surface area contributed by atoms with Crippen molar-refractivity contribution in [1.82, 2.24) is 10.5 Å². The average molecular weight is 268 g/mol. The molecule has 0 spiro atoms. The molecule has 0 saturated heterocycles. The highest BCUT2D eigenvalue weighted by Crippen LogP contribution is 2.14. The normalized spacial score (nSPS) is 12.4. The van der Waals surface area contributed by atoms with Gasteiger partial charge in [-0.2, -0.15) is 0 Å². The molecule has 2 N–H and O–H groups in total. The number of aromatic nitrogens is 1. The molecule has 0 radical (unpaired) electrons. The van der Waals surface area contributed by atoms with Crippen molar-refractivity contribution in [3.63, 3.8) is 0 Å². The molecule has 19 heavy (non-hydrogen) atoms. The largest absolute Gasteiger partial charge is 0.480 e. The second kappa shape index (κ2) is 6.92. The number of nitrogens with zero attached hydrogens (tertiary/aromatic N) is 1. The van der Waals surface area contributed by atoms with Crippen LogP contribution in [0.15, 0.2) is 10.6 Å². The van der Waals surface area contributed by atoms with Crippen molar-refractivity contribution in [3.05, 3.63) is 17.5 Å². The third kappa shape index (κ3) is 4.39. The fourth-order valence-corrected chi connectivity index (χ4v) is 1.56. The van der Waals surface area contributed by atoms with Gasteiger partial charge >= 0.3 is 5.97 Å². The van der Waals surface area contributed by atoms with Gasteiger partial charge in [-0.25, -0.2) is 4.79 Å². The summed E-state index contributed by atoms with van der Waals surface area (Å²) < 4.78 is 4.92. The molecule has 0 aromatic carbocycles. The number of carbonyl (C=O) groups is 2. The molecule has 1 rings (SSSR count). The van der Waals surface area contributed by atoms with Gasteiger partial charge in [0.25, 0.3) is 5.91 Å². The van der Waals surface area contributed by atoms with Gasteiger partial charge in [0, 0.05) is 6.07 Å². The van der Waals surface area contributed by atoms with E-state index < -0.39 is 17.9 Å². The zero-order valence-corrected chi connectivity index (χ0v) is 11.5. The molecule has 6 heteroatoms. The van der Waals surface area contributed by atoms with Crippen LogP contribution in [0.3, 0.4) is 0 Å². The zero-order valence-electron chi connectivity index (χ0n) is 11.5. The second-order valence-corrected chi connectivity index (χ2v) is 4.78. The maximum absolute atomic E-state index is 11.9. The monoisotopic (exact) mass is 268 g/mol. The van der Waals surface area contributed by atoms with Crippen LogP contribution in [0.2, 0.25) is 0 Å². The first-order valence-electron chi connectivity index (χ1n) is 6.46. The summed E-state index contributed by atoms with van der Waals surface area (Å²) in [5, 5.41) is 15.2. The first-order valence-corrected chi connectivity index (χ1v) is 6.46. The van der Waals surface area contributed by atoms with Gasteiger partial charge in [0.15, 0.2) is 0 Å². The molecule has 0 aliphatic rings. The fourth-order valence-electron chi connectivity index (χ4n) is 1.56. The molecule has 0 bridgehead atoms. The molecule has 0 fully saturated rings. The Kier molecular flexibility index (Phi) is 5.54. The number of hydrogen-bond donors (Lipinski definition) is 2. The number of carboxylic acid groups (broad SMARTS) is 1. The van der Waals surface area contributed by atoms with Crippen molar-refractivity contribution in [3.8, 4) is 0 Å². The Morgan fingerprint density at radius 2 is 2.16 bits per heavy atom. The lowest BCUT2D eigenvalue weighted by Gasteiger charge is -2.12. The van der Waals surface area contributed by atoms with Crippen LogP contribution >= 0.6 is 0 Å². The van der Waals surface area contributed by atoms with Gasteiger partial charge in [0.1, 0.15) is 6.04 Å². The Balaban J connectivity index is 2.67. The maximum Gasteiger partial charge on any atom is 0.326 e. The lowest BCUT2D eigenvalue weighted by molar-refractivity contribution is -0.139. The van der Waals surface area contributed by atoms with Crippen molar-refractivity contribution >= 4 is 11.9 Å². The van der Waals surface area contributed by atoms with Crippen LogP contribution in [-0.4, -0.2) is 28.2 Å². The Hall–Kier alpha value is -1.85. The van der Waals surface area contributed by atoms with Crippen molar-refractivity contribution in [1.29, 1.82) is 0 Å². The fraction of sp³-hybridized carbons (Fsp3) is 0.615. The van der Waals surface area contributed by atoms with Crippen molar-refractivity contribution in [2.75, 3.05) is 0 Å². The van der Waals surface area contributed by atoms with Crippen molar-refractivity contribution in [2.45, 2.75) is 52.0 Å². The summed E-state index contributed by atoms with van der Waals surface area (Å²) >= 11 is 0. The van der Waals surface area contributed by atoms with Crippen LogP contribution in [0, 0.1) is 0 Å². The first kappa shape index (κ1) is 15.2.